The molecular weight excluding hydrogens is 282 g/mol. The zero-order chi connectivity index (χ0) is 15.1. The first kappa shape index (κ1) is 15.9. The highest BCUT2D eigenvalue weighted by Crippen LogP contribution is 2.28. The standard InChI is InChI=1S/C16H21N3OS/c1-3-18-16(11-20,14-7-5-4-6-8-14)12-21-15-17-10-9-13(2)19-15/h4-10,18,20H,3,11-12H2,1-2H3. The quantitative estimate of drug-likeness (QED) is 0.607. The minimum Gasteiger partial charge on any atom is -0.394 e. The number of aryl methyl sites for hydroxylation is 1. The molecule has 4 nitrogen and oxygen atoms in total. The number of nitrogens with one attached hydrogen (secondary N) is 1. The maximum atomic E-state index is 9.98. The Bertz CT molecular complexity index is 564. The van der Waals surface area contributed by atoms with E-state index in [1.807, 2.05) is 50.2 Å². The Balaban J connectivity index is 2.20. The molecule has 2 aromatic rings. The van der Waals surface area contributed by atoms with Crippen LogP contribution in [0.25, 0.3) is 0 Å². The summed E-state index contributed by atoms with van der Waals surface area (Å²) in [6.07, 6.45) is 1.76. The van der Waals surface area contributed by atoms with E-state index in [9.17, 15) is 5.11 Å². The highest BCUT2D eigenvalue weighted by Gasteiger charge is 2.31. The second kappa shape index (κ2) is 7.54. The van der Waals surface area contributed by atoms with E-state index in [1.54, 1.807) is 18.0 Å². The Morgan fingerprint density at radius 2 is 2.00 bits per heavy atom. The third-order valence-electron chi connectivity index (χ3n) is 3.33. The van der Waals surface area contributed by atoms with Gasteiger partial charge in [-0.2, -0.15) is 0 Å². The summed E-state index contributed by atoms with van der Waals surface area (Å²) in [6.45, 7) is 4.81. The van der Waals surface area contributed by atoms with E-state index >= 15 is 0 Å². The molecule has 0 saturated heterocycles. The zero-order valence-electron chi connectivity index (χ0n) is 12.4. The van der Waals surface area contributed by atoms with Gasteiger partial charge in [0, 0.05) is 17.6 Å². The molecule has 0 amide bonds. The van der Waals surface area contributed by atoms with E-state index in [2.05, 4.69) is 15.3 Å². The molecule has 0 fully saturated rings. The second-order valence-electron chi connectivity index (χ2n) is 4.91. The summed E-state index contributed by atoms with van der Waals surface area (Å²) in [5, 5.41) is 14.1. The molecule has 1 atom stereocenters. The number of hydrogen-bond acceptors (Lipinski definition) is 5. The van der Waals surface area contributed by atoms with Crippen molar-refractivity contribution in [3.63, 3.8) is 0 Å². The highest BCUT2D eigenvalue weighted by atomic mass is 32.2. The lowest BCUT2D eigenvalue weighted by molar-refractivity contribution is 0.181. The molecule has 0 aliphatic rings. The fraction of sp³-hybridized carbons (Fsp3) is 0.375. The van der Waals surface area contributed by atoms with E-state index in [4.69, 9.17) is 0 Å². The number of hydrogen-bond donors (Lipinski definition) is 2. The number of aromatic nitrogens is 2. The second-order valence-corrected chi connectivity index (χ2v) is 5.85. The smallest absolute Gasteiger partial charge is 0.187 e. The molecule has 0 spiro atoms. The van der Waals surface area contributed by atoms with E-state index < -0.39 is 5.54 Å². The molecule has 5 heteroatoms. The summed E-state index contributed by atoms with van der Waals surface area (Å²) in [5.41, 5.74) is 1.55. The van der Waals surface area contributed by atoms with Crippen LogP contribution in [-0.4, -0.2) is 34.0 Å². The number of likely N-dealkylation sites (N-methyl/N-ethyl adjacent to an activating group) is 1. The molecule has 0 aliphatic carbocycles. The normalized spacial score (nSPS) is 13.9. The van der Waals surface area contributed by atoms with Crippen molar-refractivity contribution >= 4 is 11.8 Å². The Morgan fingerprint density at radius 1 is 1.24 bits per heavy atom. The summed E-state index contributed by atoms with van der Waals surface area (Å²) in [4.78, 5) is 8.68. The van der Waals surface area contributed by atoms with Crippen molar-refractivity contribution in [3.8, 4) is 0 Å². The minimum atomic E-state index is -0.478. The summed E-state index contributed by atoms with van der Waals surface area (Å²) in [7, 11) is 0. The summed E-state index contributed by atoms with van der Waals surface area (Å²) < 4.78 is 0. The van der Waals surface area contributed by atoms with Crippen molar-refractivity contribution in [2.45, 2.75) is 24.5 Å². The SMILES string of the molecule is CCNC(CO)(CSc1nccc(C)n1)c1ccccc1. The maximum Gasteiger partial charge on any atom is 0.187 e. The largest absolute Gasteiger partial charge is 0.394 e. The van der Waals surface area contributed by atoms with Crippen molar-refractivity contribution in [2.24, 2.45) is 0 Å². The number of benzene rings is 1. The molecule has 1 heterocycles. The first-order valence-corrected chi connectivity index (χ1v) is 8.02. The fourth-order valence-corrected chi connectivity index (χ4v) is 3.29. The molecule has 2 N–H and O–H groups in total. The van der Waals surface area contributed by atoms with Gasteiger partial charge in [-0.3, -0.25) is 0 Å². The van der Waals surface area contributed by atoms with Crippen molar-refractivity contribution in [3.05, 3.63) is 53.9 Å². The average Bonchev–Trinajstić information content (AvgIpc) is 2.52. The Hall–Kier alpha value is -1.43. The Kier molecular flexibility index (Phi) is 5.73. The highest BCUT2D eigenvalue weighted by molar-refractivity contribution is 7.99. The molecule has 0 radical (unpaired) electrons. The van der Waals surface area contributed by atoms with Crippen LogP contribution in [0.5, 0.6) is 0 Å². The van der Waals surface area contributed by atoms with E-state index in [1.165, 1.54) is 0 Å². The Morgan fingerprint density at radius 3 is 2.62 bits per heavy atom. The van der Waals surface area contributed by atoms with E-state index in [0.717, 1.165) is 23.0 Å². The number of rotatable bonds is 7. The van der Waals surface area contributed by atoms with E-state index in [-0.39, 0.29) is 6.61 Å². The third-order valence-corrected chi connectivity index (χ3v) is 4.42. The predicted molar refractivity (Wildman–Crippen MR) is 86.4 cm³/mol. The minimum absolute atomic E-state index is 0.0314. The van der Waals surface area contributed by atoms with Gasteiger partial charge >= 0.3 is 0 Å². The van der Waals surface area contributed by atoms with Gasteiger partial charge in [0.25, 0.3) is 0 Å². The lowest BCUT2D eigenvalue weighted by Crippen LogP contribution is -2.47. The van der Waals surface area contributed by atoms with Crippen LogP contribution in [0.4, 0.5) is 0 Å². The predicted octanol–water partition coefficient (Wildman–Crippen LogP) is 2.37. The summed E-state index contributed by atoms with van der Waals surface area (Å²) >= 11 is 1.56. The van der Waals surface area contributed by atoms with Gasteiger partial charge in [-0.1, -0.05) is 49.0 Å². The summed E-state index contributed by atoms with van der Waals surface area (Å²) in [6, 6.07) is 11.9. The van der Waals surface area contributed by atoms with Crippen molar-refractivity contribution < 1.29 is 5.11 Å². The van der Waals surface area contributed by atoms with Crippen LogP contribution in [-0.2, 0) is 5.54 Å². The molecule has 21 heavy (non-hydrogen) atoms. The topological polar surface area (TPSA) is 58.0 Å². The molecule has 1 unspecified atom stereocenters. The molecule has 1 aromatic carbocycles. The van der Waals surface area contributed by atoms with Crippen LogP contribution in [0.15, 0.2) is 47.8 Å². The van der Waals surface area contributed by atoms with Crippen molar-refractivity contribution in [2.75, 3.05) is 18.9 Å². The van der Waals surface area contributed by atoms with Gasteiger partial charge in [0.15, 0.2) is 5.16 Å². The van der Waals surface area contributed by atoms with Crippen molar-refractivity contribution in [1.82, 2.24) is 15.3 Å². The molecule has 0 bridgehead atoms. The van der Waals surface area contributed by atoms with Gasteiger partial charge < -0.3 is 10.4 Å². The third kappa shape index (κ3) is 4.03. The van der Waals surface area contributed by atoms with Crippen LogP contribution in [0.2, 0.25) is 0 Å². The van der Waals surface area contributed by atoms with Crippen LogP contribution in [0, 0.1) is 6.92 Å². The van der Waals surface area contributed by atoms with Crippen LogP contribution >= 0.6 is 11.8 Å². The maximum absolute atomic E-state index is 9.98. The molecule has 112 valence electrons. The number of aliphatic hydroxyl groups is 1. The van der Waals surface area contributed by atoms with Gasteiger partial charge in [0.1, 0.15) is 0 Å². The lowest BCUT2D eigenvalue weighted by atomic mass is 9.92. The fourth-order valence-electron chi connectivity index (χ4n) is 2.21. The monoisotopic (exact) mass is 303 g/mol. The van der Waals surface area contributed by atoms with Gasteiger partial charge in [0.2, 0.25) is 0 Å². The molecule has 1 aromatic heterocycles. The van der Waals surface area contributed by atoms with E-state index in [0.29, 0.717) is 5.75 Å². The van der Waals surface area contributed by atoms with Gasteiger partial charge in [0.05, 0.1) is 12.1 Å². The van der Waals surface area contributed by atoms with Gasteiger partial charge in [-0.05, 0) is 25.1 Å². The van der Waals surface area contributed by atoms with Crippen LogP contribution < -0.4 is 5.32 Å². The van der Waals surface area contributed by atoms with Gasteiger partial charge in [-0.15, -0.1) is 0 Å². The zero-order valence-corrected chi connectivity index (χ0v) is 13.2. The first-order valence-electron chi connectivity index (χ1n) is 7.04. The van der Waals surface area contributed by atoms with Crippen LogP contribution in [0.3, 0.4) is 0 Å². The molecule has 2 rings (SSSR count). The number of aliphatic hydroxyl groups excluding tert-OH is 1. The first-order chi connectivity index (χ1) is 10.2. The number of nitrogens with zero attached hydrogens (tertiary/aromatic N) is 2. The molecule has 0 saturated carbocycles. The lowest BCUT2D eigenvalue weighted by Gasteiger charge is -2.33. The molecular formula is C16H21N3OS. The van der Waals surface area contributed by atoms with Gasteiger partial charge in [-0.25, -0.2) is 9.97 Å². The Labute approximate surface area is 130 Å². The molecule has 0 aliphatic heterocycles. The summed E-state index contributed by atoms with van der Waals surface area (Å²) in [5.74, 6) is 0.671. The van der Waals surface area contributed by atoms with Crippen molar-refractivity contribution in [1.29, 1.82) is 0 Å². The average molecular weight is 303 g/mol. The number of thioether (sulfide) groups is 1. The van der Waals surface area contributed by atoms with Crippen LogP contribution in [0.1, 0.15) is 18.2 Å².